The summed E-state index contributed by atoms with van der Waals surface area (Å²) >= 11 is 0. The van der Waals surface area contributed by atoms with Crippen molar-refractivity contribution in [3.63, 3.8) is 0 Å². The van der Waals surface area contributed by atoms with Crippen molar-refractivity contribution in [1.82, 2.24) is 19.9 Å². The summed E-state index contributed by atoms with van der Waals surface area (Å²) in [6.07, 6.45) is 13.3. The molecule has 0 spiro atoms. The number of nitrogens with zero attached hydrogens (tertiary/aromatic N) is 4. The fraction of sp³-hybridized carbons (Fsp3) is 0.333. The first-order valence-corrected chi connectivity index (χ1v) is 7.98. The molecule has 2 aliphatic rings. The summed E-state index contributed by atoms with van der Waals surface area (Å²) in [4.78, 5) is 27.3. The molecule has 23 heavy (non-hydrogen) atoms. The highest BCUT2D eigenvalue weighted by atomic mass is 16.2. The second-order valence-electron chi connectivity index (χ2n) is 6.21. The zero-order chi connectivity index (χ0) is 15.6. The summed E-state index contributed by atoms with van der Waals surface area (Å²) in [5.74, 6) is 1.85. The molecule has 0 N–H and O–H groups in total. The average molecular weight is 306 g/mol. The van der Waals surface area contributed by atoms with Gasteiger partial charge in [0.2, 0.25) is 0 Å². The Kier molecular flexibility index (Phi) is 3.61. The third-order valence-electron chi connectivity index (χ3n) is 4.73. The molecule has 1 fully saturated rings. The van der Waals surface area contributed by atoms with Gasteiger partial charge in [0.1, 0.15) is 0 Å². The Labute approximate surface area is 135 Å². The fourth-order valence-corrected chi connectivity index (χ4v) is 3.45. The van der Waals surface area contributed by atoms with Crippen LogP contribution in [0.4, 0.5) is 0 Å². The first-order chi connectivity index (χ1) is 11.3. The number of hydrogen-bond acceptors (Lipinski definition) is 4. The van der Waals surface area contributed by atoms with Gasteiger partial charge in [-0.2, -0.15) is 0 Å². The molecule has 5 heteroatoms. The number of aromatic nitrogens is 3. The lowest BCUT2D eigenvalue weighted by atomic mass is 9.86. The second kappa shape index (κ2) is 5.91. The van der Waals surface area contributed by atoms with Crippen molar-refractivity contribution in [2.75, 3.05) is 13.1 Å². The van der Waals surface area contributed by atoms with Crippen LogP contribution in [-0.4, -0.2) is 38.8 Å². The van der Waals surface area contributed by atoms with E-state index in [1.807, 2.05) is 17.0 Å². The van der Waals surface area contributed by atoms with E-state index in [0.29, 0.717) is 23.2 Å². The van der Waals surface area contributed by atoms with Crippen LogP contribution in [0.1, 0.15) is 23.2 Å². The molecule has 2 aromatic heterocycles. The Morgan fingerprint density at radius 3 is 2.35 bits per heavy atom. The molecule has 1 aliphatic heterocycles. The quantitative estimate of drug-likeness (QED) is 0.800. The van der Waals surface area contributed by atoms with Crippen LogP contribution in [0.3, 0.4) is 0 Å². The first kappa shape index (κ1) is 14.1. The van der Waals surface area contributed by atoms with Gasteiger partial charge in [-0.3, -0.25) is 9.78 Å². The number of pyridine rings is 1. The lowest BCUT2D eigenvalue weighted by Gasteiger charge is -2.17. The summed E-state index contributed by atoms with van der Waals surface area (Å²) < 4.78 is 0. The second-order valence-corrected chi connectivity index (χ2v) is 6.21. The van der Waals surface area contributed by atoms with E-state index in [2.05, 4.69) is 27.1 Å². The Morgan fingerprint density at radius 1 is 1.04 bits per heavy atom. The number of allylic oxidation sites excluding steroid dienone is 2. The van der Waals surface area contributed by atoms with Gasteiger partial charge in [0.05, 0.1) is 5.56 Å². The van der Waals surface area contributed by atoms with E-state index in [4.69, 9.17) is 0 Å². The van der Waals surface area contributed by atoms with Gasteiger partial charge in [0.25, 0.3) is 5.91 Å². The Hall–Kier alpha value is -2.56. The largest absolute Gasteiger partial charge is 0.338 e. The molecule has 0 saturated carbocycles. The smallest absolute Gasteiger partial charge is 0.257 e. The van der Waals surface area contributed by atoms with Crippen LogP contribution in [0.2, 0.25) is 0 Å². The number of carbonyl (C=O) groups excluding carboxylic acids is 1. The van der Waals surface area contributed by atoms with E-state index < -0.39 is 0 Å². The van der Waals surface area contributed by atoms with Gasteiger partial charge >= 0.3 is 0 Å². The number of rotatable bonds is 2. The maximum Gasteiger partial charge on any atom is 0.257 e. The minimum absolute atomic E-state index is 0.0390. The number of amides is 1. The normalized spacial score (nSPS) is 22.9. The molecule has 1 amide bonds. The van der Waals surface area contributed by atoms with Crippen LogP contribution < -0.4 is 0 Å². The van der Waals surface area contributed by atoms with Gasteiger partial charge in [-0.1, -0.05) is 12.2 Å². The Morgan fingerprint density at radius 2 is 1.74 bits per heavy atom. The molecule has 5 nitrogen and oxygen atoms in total. The van der Waals surface area contributed by atoms with E-state index in [9.17, 15) is 4.79 Å². The van der Waals surface area contributed by atoms with Crippen molar-refractivity contribution in [2.24, 2.45) is 11.8 Å². The molecule has 0 unspecified atom stereocenters. The highest BCUT2D eigenvalue weighted by Gasteiger charge is 2.35. The maximum absolute atomic E-state index is 12.7. The standard InChI is InChI=1S/C18H18N4O/c23-18(22-11-14-4-1-2-5-15(14)12-22)16-9-20-17(21-10-16)13-6-3-7-19-8-13/h1-3,6-10,14-15H,4-5,11-12H2/t14-,15+. The molecule has 0 bridgehead atoms. The lowest BCUT2D eigenvalue weighted by molar-refractivity contribution is 0.0783. The molecule has 3 heterocycles. The Bertz CT molecular complexity index is 710. The third kappa shape index (κ3) is 2.74. The fourth-order valence-electron chi connectivity index (χ4n) is 3.45. The molecule has 2 aromatic rings. The van der Waals surface area contributed by atoms with Crippen molar-refractivity contribution in [2.45, 2.75) is 12.8 Å². The maximum atomic E-state index is 12.7. The van der Waals surface area contributed by atoms with Crippen molar-refractivity contribution >= 4 is 5.91 Å². The number of carbonyl (C=O) groups is 1. The Balaban J connectivity index is 1.49. The predicted molar refractivity (Wildman–Crippen MR) is 86.5 cm³/mol. The van der Waals surface area contributed by atoms with Gasteiger partial charge < -0.3 is 4.90 Å². The lowest BCUT2D eigenvalue weighted by Crippen LogP contribution is -2.29. The summed E-state index contributed by atoms with van der Waals surface area (Å²) in [6, 6.07) is 3.75. The van der Waals surface area contributed by atoms with Crippen LogP contribution >= 0.6 is 0 Å². The first-order valence-electron chi connectivity index (χ1n) is 7.98. The van der Waals surface area contributed by atoms with E-state index >= 15 is 0 Å². The number of hydrogen-bond donors (Lipinski definition) is 0. The van der Waals surface area contributed by atoms with Crippen LogP contribution in [0.5, 0.6) is 0 Å². The van der Waals surface area contributed by atoms with E-state index in [1.165, 1.54) is 0 Å². The van der Waals surface area contributed by atoms with Crippen molar-refractivity contribution in [1.29, 1.82) is 0 Å². The minimum Gasteiger partial charge on any atom is -0.338 e. The van der Waals surface area contributed by atoms with Gasteiger partial charge in [-0.25, -0.2) is 9.97 Å². The molecule has 1 saturated heterocycles. The molecule has 0 aromatic carbocycles. The van der Waals surface area contributed by atoms with Gasteiger partial charge in [-0.15, -0.1) is 0 Å². The molecule has 2 atom stereocenters. The zero-order valence-corrected chi connectivity index (χ0v) is 12.8. The number of likely N-dealkylation sites (tertiary alicyclic amines) is 1. The van der Waals surface area contributed by atoms with Gasteiger partial charge in [-0.05, 0) is 36.8 Å². The monoisotopic (exact) mass is 306 g/mol. The highest BCUT2D eigenvalue weighted by Crippen LogP contribution is 2.33. The van der Waals surface area contributed by atoms with Crippen molar-refractivity contribution < 1.29 is 4.79 Å². The molecule has 0 radical (unpaired) electrons. The van der Waals surface area contributed by atoms with Crippen molar-refractivity contribution in [3.8, 4) is 11.4 Å². The zero-order valence-electron chi connectivity index (χ0n) is 12.8. The van der Waals surface area contributed by atoms with Crippen LogP contribution in [0.15, 0.2) is 49.1 Å². The summed E-state index contributed by atoms with van der Waals surface area (Å²) in [6.45, 7) is 1.69. The molecule has 4 rings (SSSR count). The average Bonchev–Trinajstić information content (AvgIpc) is 3.06. The van der Waals surface area contributed by atoms with Crippen molar-refractivity contribution in [3.05, 3.63) is 54.6 Å². The van der Waals surface area contributed by atoms with Crippen LogP contribution in [0.25, 0.3) is 11.4 Å². The number of fused-ring (bicyclic) bond motifs is 1. The third-order valence-corrected chi connectivity index (χ3v) is 4.73. The summed E-state index contributed by atoms with van der Waals surface area (Å²) in [5, 5.41) is 0. The molecular formula is C18H18N4O. The molecule has 1 aliphatic carbocycles. The summed E-state index contributed by atoms with van der Waals surface area (Å²) in [5.41, 5.74) is 1.41. The predicted octanol–water partition coefficient (Wildman–Crippen LogP) is 2.58. The summed E-state index contributed by atoms with van der Waals surface area (Å²) in [7, 11) is 0. The molecular weight excluding hydrogens is 288 g/mol. The van der Waals surface area contributed by atoms with E-state index in [0.717, 1.165) is 31.5 Å². The molecule has 116 valence electrons. The van der Waals surface area contributed by atoms with Crippen LogP contribution in [-0.2, 0) is 0 Å². The van der Waals surface area contributed by atoms with E-state index in [1.54, 1.807) is 24.8 Å². The van der Waals surface area contributed by atoms with Gasteiger partial charge in [0.15, 0.2) is 5.82 Å². The SMILES string of the molecule is O=C(c1cnc(-c2cccnc2)nc1)N1C[C@H]2CC=CC[C@H]2C1. The van der Waals surface area contributed by atoms with Gasteiger partial charge in [0, 0.05) is 43.4 Å². The van der Waals surface area contributed by atoms with E-state index in [-0.39, 0.29) is 5.91 Å². The highest BCUT2D eigenvalue weighted by molar-refractivity contribution is 5.94. The topological polar surface area (TPSA) is 59.0 Å². The minimum atomic E-state index is 0.0390. The van der Waals surface area contributed by atoms with Crippen LogP contribution in [0, 0.1) is 11.8 Å².